The molecule has 24 heavy (non-hydrogen) atoms. The Morgan fingerprint density at radius 1 is 1.29 bits per heavy atom. The van der Waals surface area contributed by atoms with E-state index in [1.54, 1.807) is 18.2 Å². The smallest absolute Gasteiger partial charge is 0.275 e. The van der Waals surface area contributed by atoms with Gasteiger partial charge in [-0.3, -0.25) is 19.0 Å². The Labute approximate surface area is 134 Å². The largest absolute Gasteiger partial charge is 0.360 e. The first-order chi connectivity index (χ1) is 11.5. The molecule has 2 heterocycles. The number of H-pyrrole nitrogens is 1. The maximum Gasteiger partial charge on any atom is 0.275 e. The van der Waals surface area contributed by atoms with Crippen LogP contribution in [0.15, 0.2) is 34.0 Å². The third kappa shape index (κ3) is 2.34. The van der Waals surface area contributed by atoms with Crippen molar-refractivity contribution in [3.63, 3.8) is 0 Å². The Hall–Kier alpha value is -3.74. The van der Waals surface area contributed by atoms with Gasteiger partial charge in [0, 0.05) is 20.3 Å². The van der Waals surface area contributed by atoms with Crippen LogP contribution in [0.4, 0.5) is 5.69 Å². The van der Waals surface area contributed by atoms with Crippen LogP contribution in [-0.4, -0.2) is 30.0 Å². The minimum Gasteiger partial charge on any atom is -0.360 e. The summed E-state index contributed by atoms with van der Waals surface area (Å²) < 4.78 is 2.47. The summed E-state index contributed by atoms with van der Waals surface area (Å²) in [6.07, 6.45) is 1.36. The zero-order valence-electron chi connectivity index (χ0n) is 12.8. The zero-order valence-corrected chi connectivity index (χ0v) is 12.8. The van der Waals surface area contributed by atoms with E-state index in [1.165, 1.54) is 29.7 Å². The molecule has 0 fully saturated rings. The summed E-state index contributed by atoms with van der Waals surface area (Å²) in [7, 11) is 3.03. The first-order valence-corrected chi connectivity index (χ1v) is 6.84. The highest BCUT2D eigenvalue weighted by Crippen LogP contribution is 2.18. The molecular weight excluding hydrogens is 312 g/mol. The number of hydrogen-bond donors (Lipinski definition) is 2. The van der Waals surface area contributed by atoms with Crippen molar-refractivity contribution >= 4 is 22.0 Å². The summed E-state index contributed by atoms with van der Waals surface area (Å²) in [5.74, 6) is 0.119. The van der Waals surface area contributed by atoms with Gasteiger partial charge in [0.15, 0.2) is 0 Å². The molecule has 0 bridgehead atoms. The highest BCUT2D eigenvalue weighted by Gasteiger charge is 2.12. The van der Waals surface area contributed by atoms with E-state index in [4.69, 9.17) is 5.26 Å². The fraction of sp³-hybridized carbons (Fsp3) is 0.143. The number of nitrogens with zero attached hydrogens (tertiary/aromatic N) is 6. The average molecular weight is 324 g/mol. The van der Waals surface area contributed by atoms with Crippen molar-refractivity contribution in [2.75, 3.05) is 5.32 Å². The summed E-state index contributed by atoms with van der Waals surface area (Å²) in [4.78, 5) is 24.8. The molecule has 2 aromatic heterocycles. The highest BCUT2D eigenvalue weighted by atomic mass is 16.2. The highest BCUT2D eigenvalue weighted by molar-refractivity contribution is 5.93. The van der Waals surface area contributed by atoms with Crippen LogP contribution in [-0.2, 0) is 14.1 Å². The van der Waals surface area contributed by atoms with Gasteiger partial charge in [-0.2, -0.15) is 10.5 Å². The van der Waals surface area contributed by atoms with Crippen LogP contribution in [0.1, 0.15) is 5.82 Å². The van der Waals surface area contributed by atoms with Crippen molar-refractivity contribution in [2.24, 2.45) is 14.1 Å². The third-order valence-corrected chi connectivity index (χ3v) is 3.63. The molecule has 0 saturated heterocycles. The lowest BCUT2D eigenvalue weighted by molar-refractivity contribution is 0.543. The normalized spacial score (nSPS) is 11.5. The molecule has 0 unspecified atom stereocenters. The van der Waals surface area contributed by atoms with E-state index in [9.17, 15) is 9.59 Å². The Kier molecular flexibility index (Phi) is 3.67. The van der Waals surface area contributed by atoms with Crippen LogP contribution in [0.25, 0.3) is 16.3 Å². The van der Waals surface area contributed by atoms with Crippen LogP contribution >= 0.6 is 0 Å². The summed E-state index contributed by atoms with van der Waals surface area (Å²) in [6, 6.07) is 6.81. The number of hydrogen-bond acceptors (Lipinski definition) is 7. The molecule has 1 aromatic carbocycles. The van der Waals surface area contributed by atoms with Crippen molar-refractivity contribution in [3.8, 4) is 6.07 Å². The summed E-state index contributed by atoms with van der Waals surface area (Å²) in [5.41, 5.74) is -0.0940. The number of nitriles is 1. The summed E-state index contributed by atoms with van der Waals surface area (Å²) >= 11 is 0. The SMILES string of the molecule is Cn1c(=O)c2cccc(NC=C(C#N)c3nn[nH]n3)c2c(=O)n1C. The van der Waals surface area contributed by atoms with Crippen LogP contribution in [0, 0.1) is 11.3 Å². The molecule has 2 N–H and O–H groups in total. The Balaban J connectivity index is 2.17. The predicted molar refractivity (Wildman–Crippen MR) is 85.8 cm³/mol. The molecule has 0 aliphatic heterocycles. The monoisotopic (exact) mass is 324 g/mol. The minimum absolute atomic E-state index is 0.119. The van der Waals surface area contributed by atoms with E-state index in [-0.39, 0.29) is 33.3 Å². The molecular formula is C14H12N8O2. The van der Waals surface area contributed by atoms with Gasteiger partial charge in [0.2, 0.25) is 5.82 Å². The molecule has 3 aromatic rings. The number of anilines is 1. The van der Waals surface area contributed by atoms with Crippen LogP contribution in [0.2, 0.25) is 0 Å². The van der Waals surface area contributed by atoms with Gasteiger partial charge < -0.3 is 5.32 Å². The Morgan fingerprint density at radius 3 is 2.71 bits per heavy atom. The standard InChI is InChI=1S/C14H12N8O2/c1-21-13(23)9-4-3-5-10(11(9)14(24)22(21)2)16-7-8(6-15)12-17-19-20-18-12/h3-5,7,16H,1-2H3,(H,17,18,19,20). The molecule has 0 atom stereocenters. The lowest BCUT2D eigenvalue weighted by atomic mass is 10.1. The number of benzene rings is 1. The first kappa shape index (κ1) is 15.2. The third-order valence-electron chi connectivity index (χ3n) is 3.63. The predicted octanol–water partition coefficient (Wildman–Crippen LogP) is -0.273. The second-order valence-electron chi connectivity index (χ2n) is 4.94. The van der Waals surface area contributed by atoms with Crippen molar-refractivity contribution in [1.29, 1.82) is 5.26 Å². The number of nitrogens with one attached hydrogen (secondary N) is 2. The van der Waals surface area contributed by atoms with E-state index >= 15 is 0 Å². The molecule has 0 spiro atoms. The molecule has 10 nitrogen and oxygen atoms in total. The maximum absolute atomic E-state index is 12.5. The van der Waals surface area contributed by atoms with Crippen molar-refractivity contribution < 1.29 is 0 Å². The molecule has 0 amide bonds. The van der Waals surface area contributed by atoms with Gasteiger partial charge in [-0.25, -0.2) is 0 Å². The lowest BCUT2D eigenvalue weighted by Crippen LogP contribution is -2.35. The van der Waals surface area contributed by atoms with E-state index in [0.717, 1.165) is 0 Å². The lowest BCUT2D eigenvalue weighted by Gasteiger charge is -2.11. The topological polar surface area (TPSA) is 134 Å². The van der Waals surface area contributed by atoms with Gasteiger partial charge in [-0.05, 0) is 17.3 Å². The molecule has 0 aliphatic carbocycles. The molecule has 120 valence electrons. The van der Waals surface area contributed by atoms with Gasteiger partial charge in [0.05, 0.1) is 16.5 Å². The number of fused-ring (bicyclic) bond motifs is 1. The quantitative estimate of drug-likeness (QED) is 0.633. The van der Waals surface area contributed by atoms with E-state index in [1.807, 2.05) is 6.07 Å². The van der Waals surface area contributed by atoms with Gasteiger partial charge in [-0.1, -0.05) is 6.07 Å². The number of rotatable bonds is 3. The van der Waals surface area contributed by atoms with Gasteiger partial charge in [-0.15, -0.1) is 10.2 Å². The summed E-state index contributed by atoms with van der Waals surface area (Å²) in [5, 5.41) is 25.7. The van der Waals surface area contributed by atoms with Crippen LogP contribution in [0.5, 0.6) is 0 Å². The minimum atomic E-state index is -0.332. The van der Waals surface area contributed by atoms with Crippen LogP contribution in [0.3, 0.4) is 0 Å². The second kappa shape index (κ2) is 5.81. The number of aromatic nitrogens is 6. The number of tetrazole rings is 1. The number of allylic oxidation sites excluding steroid dienone is 1. The summed E-state index contributed by atoms with van der Waals surface area (Å²) in [6.45, 7) is 0. The fourth-order valence-electron chi connectivity index (χ4n) is 2.26. The average Bonchev–Trinajstić information content (AvgIpc) is 3.13. The van der Waals surface area contributed by atoms with E-state index < -0.39 is 0 Å². The zero-order chi connectivity index (χ0) is 17.3. The maximum atomic E-state index is 12.5. The molecule has 0 radical (unpaired) electrons. The molecule has 3 rings (SSSR count). The van der Waals surface area contributed by atoms with Crippen molar-refractivity contribution in [2.45, 2.75) is 0 Å². The Bertz CT molecular complexity index is 1100. The van der Waals surface area contributed by atoms with Gasteiger partial charge >= 0.3 is 0 Å². The van der Waals surface area contributed by atoms with Crippen molar-refractivity contribution in [1.82, 2.24) is 30.0 Å². The molecule has 10 heteroatoms. The van der Waals surface area contributed by atoms with Crippen molar-refractivity contribution in [3.05, 3.63) is 50.9 Å². The van der Waals surface area contributed by atoms with Gasteiger partial charge in [0.1, 0.15) is 11.6 Å². The Morgan fingerprint density at radius 2 is 2.04 bits per heavy atom. The van der Waals surface area contributed by atoms with Crippen LogP contribution < -0.4 is 16.4 Å². The molecule has 0 saturated carbocycles. The number of aromatic amines is 1. The van der Waals surface area contributed by atoms with E-state index in [0.29, 0.717) is 5.69 Å². The van der Waals surface area contributed by atoms with Gasteiger partial charge in [0.25, 0.3) is 11.1 Å². The van der Waals surface area contributed by atoms with E-state index in [2.05, 4.69) is 25.9 Å². The molecule has 0 aliphatic rings. The first-order valence-electron chi connectivity index (χ1n) is 6.84. The fourth-order valence-corrected chi connectivity index (χ4v) is 2.26. The second-order valence-corrected chi connectivity index (χ2v) is 4.94.